The summed E-state index contributed by atoms with van der Waals surface area (Å²) in [4.78, 5) is 24.4. The molecule has 7 heteroatoms. The summed E-state index contributed by atoms with van der Waals surface area (Å²) < 4.78 is 11.9. The van der Waals surface area contributed by atoms with Gasteiger partial charge in [0.25, 0.3) is 5.91 Å². The van der Waals surface area contributed by atoms with Gasteiger partial charge in [-0.3, -0.25) is 9.59 Å². The molecule has 0 atom stereocenters. The van der Waals surface area contributed by atoms with Crippen LogP contribution in [0, 0.1) is 0 Å². The van der Waals surface area contributed by atoms with Gasteiger partial charge in [0, 0.05) is 17.6 Å². The van der Waals surface area contributed by atoms with E-state index in [4.69, 9.17) is 9.47 Å². The Morgan fingerprint density at radius 1 is 1.10 bits per heavy atom. The van der Waals surface area contributed by atoms with Gasteiger partial charge < -0.3 is 20.1 Å². The molecule has 0 bridgehead atoms. The minimum Gasteiger partial charge on any atom is -0.493 e. The lowest BCUT2D eigenvalue weighted by Gasteiger charge is -2.17. The second kappa shape index (κ2) is 9.31. The number of amides is 2. The molecule has 2 aromatic rings. The van der Waals surface area contributed by atoms with Gasteiger partial charge in [0.2, 0.25) is 5.91 Å². The highest BCUT2D eigenvalue weighted by Gasteiger charge is 2.51. The maximum Gasteiger partial charge on any atom is 0.257 e. The van der Waals surface area contributed by atoms with Crippen LogP contribution in [-0.2, 0) is 21.5 Å². The van der Waals surface area contributed by atoms with Gasteiger partial charge in [-0.1, -0.05) is 34.1 Å². The van der Waals surface area contributed by atoms with Crippen molar-refractivity contribution in [2.75, 3.05) is 20.3 Å². The van der Waals surface area contributed by atoms with Crippen molar-refractivity contribution in [1.82, 2.24) is 10.6 Å². The van der Waals surface area contributed by atoms with Gasteiger partial charge in [-0.25, -0.2) is 0 Å². The topological polar surface area (TPSA) is 76.7 Å². The molecule has 29 heavy (non-hydrogen) atoms. The number of nitrogens with one attached hydrogen (secondary N) is 2. The standard InChI is InChI=1S/C22H25BrN2O4/c1-3-24-20(26)14-29-18-8-7-15(11-19(18)28-2)13-25-21(27)22(9-10-22)16-5-4-6-17(23)12-16/h4-8,11-12H,3,9-10,13-14H2,1-2H3,(H,24,26)(H,25,27). The normalized spacial score (nSPS) is 14.0. The number of methoxy groups -OCH3 is 1. The van der Waals surface area contributed by atoms with Gasteiger partial charge >= 0.3 is 0 Å². The number of hydrogen-bond acceptors (Lipinski definition) is 4. The van der Waals surface area contributed by atoms with Crippen LogP contribution in [0.15, 0.2) is 46.9 Å². The quantitative estimate of drug-likeness (QED) is 0.601. The summed E-state index contributed by atoms with van der Waals surface area (Å²) in [6.07, 6.45) is 1.70. The molecule has 0 heterocycles. The number of halogens is 1. The molecular formula is C22H25BrN2O4. The average molecular weight is 461 g/mol. The lowest BCUT2D eigenvalue weighted by molar-refractivity contribution is -0.124. The number of carbonyl (C=O) groups is 2. The molecule has 0 radical (unpaired) electrons. The zero-order valence-corrected chi connectivity index (χ0v) is 18.2. The Labute approximate surface area is 179 Å². The van der Waals surface area contributed by atoms with Crippen LogP contribution in [0.3, 0.4) is 0 Å². The third-order valence-corrected chi connectivity index (χ3v) is 5.47. The molecule has 2 N–H and O–H groups in total. The van der Waals surface area contributed by atoms with E-state index in [2.05, 4.69) is 26.6 Å². The summed E-state index contributed by atoms with van der Waals surface area (Å²) >= 11 is 3.48. The summed E-state index contributed by atoms with van der Waals surface area (Å²) in [5.41, 5.74) is 1.51. The lowest BCUT2D eigenvalue weighted by atomic mass is 9.95. The Bertz CT molecular complexity index is 896. The third-order valence-electron chi connectivity index (χ3n) is 4.98. The number of rotatable bonds is 9. The monoisotopic (exact) mass is 460 g/mol. The van der Waals surface area contributed by atoms with E-state index in [0.29, 0.717) is 24.6 Å². The maximum atomic E-state index is 12.8. The Hall–Kier alpha value is -2.54. The highest BCUT2D eigenvalue weighted by molar-refractivity contribution is 9.10. The molecule has 6 nitrogen and oxygen atoms in total. The van der Waals surface area contributed by atoms with Crippen LogP contribution < -0.4 is 20.1 Å². The third kappa shape index (κ3) is 5.09. The van der Waals surface area contributed by atoms with Crippen molar-refractivity contribution < 1.29 is 19.1 Å². The summed E-state index contributed by atoms with van der Waals surface area (Å²) in [6.45, 7) is 2.72. The second-order valence-corrected chi connectivity index (χ2v) is 7.92. The fourth-order valence-electron chi connectivity index (χ4n) is 3.24. The van der Waals surface area contributed by atoms with E-state index in [1.807, 2.05) is 43.3 Å². The first-order valence-corrected chi connectivity index (χ1v) is 10.4. The molecule has 1 saturated carbocycles. The molecule has 1 fully saturated rings. The Morgan fingerprint density at radius 2 is 1.90 bits per heavy atom. The fraction of sp³-hybridized carbons (Fsp3) is 0.364. The van der Waals surface area contributed by atoms with Crippen molar-refractivity contribution >= 4 is 27.7 Å². The van der Waals surface area contributed by atoms with Crippen LogP contribution in [0.5, 0.6) is 11.5 Å². The van der Waals surface area contributed by atoms with E-state index >= 15 is 0 Å². The highest BCUT2D eigenvalue weighted by Crippen LogP contribution is 2.48. The Kier molecular flexibility index (Phi) is 6.79. The van der Waals surface area contributed by atoms with E-state index < -0.39 is 5.41 Å². The van der Waals surface area contributed by atoms with Gasteiger partial charge in [0.15, 0.2) is 18.1 Å². The van der Waals surface area contributed by atoms with Gasteiger partial charge in [0.05, 0.1) is 12.5 Å². The zero-order chi connectivity index (χ0) is 20.9. The number of benzene rings is 2. The van der Waals surface area contributed by atoms with Crippen LogP contribution in [0.1, 0.15) is 30.9 Å². The zero-order valence-electron chi connectivity index (χ0n) is 16.6. The second-order valence-electron chi connectivity index (χ2n) is 7.00. The van der Waals surface area contributed by atoms with Crippen molar-refractivity contribution in [3.63, 3.8) is 0 Å². The summed E-state index contributed by atoms with van der Waals surface area (Å²) in [5.74, 6) is 0.857. The largest absolute Gasteiger partial charge is 0.493 e. The Morgan fingerprint density at radius 3 is 2.55 bits per heavy atom. The first kappa shape index (κ1) is 21.2. The van der Waals surface area contributed by atoms with Gasteiger partial charge in [-0.05, 0) is 55.2 Å². The minimum atomic E-state index is -0.427. The van der Waals surface area contributed by atoms with Crippen molar-refractivity contribution in [2.24, 2.45) is 0 Å². The Balaban J connectivity index is 1.62. The smallest absolute Gasteiger partial charge is 0.257 e. The molecule has 3 rings (SSSR count). The van der Waals surface area contributed by atoms with Crippen molar-refractivity contribution in [2.45, 2.75) is 31.7 Å². The van der Waals surface area contributed by atoms with Crippen LogP contribution in [0.25, 0.3) is 0 Å². The SMILES string of the molecule is CCNC(=O)COc1ccc(CNC(=O)C2(c3cccc(Br)c3)CC2)cc1OC. The molecular weight excluding hydrogens is 436 g/mol. The van der Waals surface area contributed by atoms with Gasteiger partial charge in [-0.2, -0.15) is 0 Å². The summed E-state index contributed by atoms with van der Waals surface area (Å²) in [7, 11) is 1.54. The number of ether oxygens (including phenoxy) is 2. The van der Waals surface area contributed by atoms with E-state index in [0.717, 1.165) is 28.4 Å². The lowest BCUT2D eigenvalue weighted by Crippen LogP contribution is -2.34. The first-order valence-electron chi connectivity index (χ1n) is 9.59. The number of likely N-dealkylation sites (N-methyl/N-ethyl adjacent to an activating group) is 1. The number of hydrogen-bond donors (Lipinski definition) is 2. The fourth-order valence-corrected chi connectivity index (χ4v) is 3.64. The molecule has 0 unspecified atom stereocenters. The van der Waals surface area contributed by atoms with E-state index in [1.54, 1.807) is 13.2 Å². The van der Waals surface area contributed by atoms with E-state index in [-0.39, 0.29) is 18.4 Å². The predicted octanol–water partition coefficient (Wildman–Crippen LogP) is 3.32. The summed E-state index contributed by atoms with van der Waals surface area (Å²) in [6, 6.07) is 13.3. The highest BCUT2D eigenvalue weighted by atomic mass is 79.9. The van der Waals surface area contributed by atoms with Crippen molar-refractivity contribution in [3.8, 4) is 11.5 Å². The molecule has 154 valence electrons. The van der Waals surface area contributed by atoms with E-state index in [1.165, 1.54) is 0 Å². The molecule has 0 spiro atoms. The van der Waals surface area contributed by atoms with Crippen LogP contribution in [0.2, 0.25) is 0 Å². The average Bonchev–Trinajstić information content (AvgIpc) is 3.53. The first-order chi connectivity index (χ1) is 14.0. The molecule has 0 saturated heterocycles. The van der Waals surface area contributed by atoms with Gasteiger partial charge in [0.1, 0.15) is 0 Å². The molecule has 1 aliphatic rings. The number of carbonyl (C=O) groups excluding carboxylic acids is 2. The molecule has 0 aromatic heterocycles. The van der Waals surface area contributed by atoms with Gasteiger partial charge in [-0.15, -0.1) is 0 Å². The van der Waals surface area contributed by atoms with Crippen molar-refractivity contribution in [3.05, 3.63) is 58.1 Å². The molecule has 1 aliphatic carbocycles. The van der Waals surface area contributed by atoms with Crippen molar-refractivity contribution in [1.29, 1.82) is 0 Å². The van der Waals surface area contributed by atoms with Crippen LogP contribution in [-0.4, -0.2) is 32.1 Å². The predicted molar refractivity (Wildman–Crippen MR) is 114 cm³/mol. The van der Waals surface area contributed by atoms with E-state index in [9.17, 15) is 9.59 Å². The summed E-state index contributed by atoms with van der Waals surface area (Å²) in [5, 5.41) is 5.72. The minimum absolute atomic E-state index is 0.0335. The van der Waals surface area contributed by atoms with Crippen LogP contribution >= 0.6 is 15.9 Å². The maximum absolute atomic E-state index is 12.8. The molecule has 0 aliphatic heterocycles. The molecule has 2 amide bonds. The van der Waals surface area contributed by atoms with Crippen LogP contribution in [0.4, 0.5) is 0 Å². The molecule has 2 aromatic carbocycles.